The van der Waals surface area contributed by atoms with Crippen molar-refractivity contribution in [3.8, 4) is 0 Å². The molecule has 0 aromatic heterocycles. The Hall–Kier alpha value is -1.34. The van der Waals surface area contributed by atoms with E-state index in [0.717, 1.165) is 12.8 Å². The van der Waals surface area contributed by atoms with Crippen LogP contribution < -0.4 is 10.6 Å². The van der Waals surface area contributed by atoms with Gasteiger partial charge in [0.05, 0.1) is 0 Å². The van der Waals surface area contributed by atoms with Gasteiger partial charge in [-0.15, -0.1) is 0 Å². The van der Waals surface area contributed by atoms with E-state index in [0.29, 0.717) is 32.7 Å². The first-order valence-corrected chi connectivity index (χ1v) is 6.50. The number of hydrogen-bond acceptors (Lipinski definition) is 4. The zero-order valence-electron chi connectivity index (χ0n) is 11.2. The first-order valence-electron chi connectivity index (χ1n) is 6.50. The predicted octanol–water partition coefficient (Wildman–Crippen LogP) is 0.344. The molecule has 0 aromatic carbocycles. The summed E-state index contributed by atoms with van der Waals surface area (Å²) in [6, 6.07) is -1.26. The molecule has 19 heavy (non-hydrogen) atoms. The molecule has 0 aromatic rings. The minimum atomic E-state index is -1.03. The molecule has 1 rings (SSSR count). The Morgan fingerprint density at radius 1 is 1.42 bits per heavy atom. The molecule has 110 valence electrons. The number of nitrogens with one attached hydrogen (secondary N) is 2. The second kappa shape index (κ2) is 8.71. The van der Waals surface area contributed by atoms with E-state index in [-0.39, 0.29) is 6.04 Å². The number of amides is 2. The average molecular weight is 274 g/mol. The summed E-state index contributed by atoms with van der Waals surface area (Å²) < 4.78 is 10.0. The third-order valence-electron chi connectivity index (χ3n) is 3.00. The smallest absolute Gasteiger partial charge is 0.326 e. The van der Waals surface area contributed by atoms with Crippen LogP contribution in [0, 0.1) is 0 Å². The van der Waals surface area contributed by atoms with Gasteiger partial charge in [-0.2, -0.15) is 0 Å². The number of hydrogen-bond donors (Lipinski definition) is 3. The summed E-state index contributed by atoms with van der Waals surface area (Å²) in [4.78, 5) is 22.7. The van der Waals surface area contributed by atoms with E-state index < -0.39 is 18.0 Å². The molecule has 0 bridgehead atoms. The van der Waals surface area contributed by atoms with Crippen molar-refractivity contribution in [2.75, 3.05) is 26.9 Å². The fraction of sp³-hybridized carbons (Fsp3) is 0.833. The molecule has 0 saturated carbocycles. The Kier molecular flexibility index (Phi) is 7.20. The van der Waals surface area contributed by atoms with Gasteiger partial charge in [0.1, 0.15) is 6.04 Å². The third kappa shape index (κ3) is 6.40. The Morgan fingerprint density at radius 3 is 2.68 bits per heavy atom. The highest BCUT2D eigenvalue weighted by atomic mass is 16.5. The molecule has 3 N–H and O–H groups in total. The van der Waals surface area contributed by atoms with E-state index in [1.807, 2.05) is 0 Å². The summed E-state index contributed by atoms with van der Waals surface area (Å²) in [7, 11) is 1.56. The van der Waals surface area contributed by atoms with E-state index in [4.69, 9.17) is 14.6 Å². The van der Waals surface area contributed by atoms with Gasteiger partial charge >= 0.3 is 12.0 Å². The summed E-state index contributed by atoms with van der Waals surface area (Å²) in [6.45, 7) is 1.73. The molecular formula is C12H22N2O5. The molecule has 1 heterocycles. The van der Waals surface area contributed by atoms with E-state index in [1.165, 1.54) is 0 Å². The number of methoxy groups -OCH3 is 1. The van der Waals surface area contributed by atoms with E-state index in [9.17, 15) is 9.59 Å². The van der Waals surface area contributed by atoms with E-state index >= 15 is 0 Å². The molecule has 1 atom stereocenters. The second-order valence-corrected chi connectivity index (χ2v) is 4.53. The molecule has 1 unspecified atom stereocenters. The third-order valence-corrected chi connectivity index (χ3v) is 3.00. The fourth-order valence-corrected chi connectivity index (χ4v) is 1.92. The zero-order chi connectivity index (χ0) is 14.1. The second-order valence-electron chi connectivity index (χ2n) is 4.53. The molecule has 1 aliphatic heterocycles. The van der Waals surface area contributed by atoms with Crippen molar-refractivity contribution >= 4 is 12.0 Å². The van der Waals surface area contributed by atoms with Gasteiger partial charge in [0, 0.05) is 33.0 Å². The highest BCUT2D eigenvalue weighted by Gasteiger charge is 2.22. The summed E-state index contributed by atoms with van der Waals surface area (Å²) >= 11 is 0. The maximum atomic E-state index is 11.7. The average Bonchev–Trinajstić information content (AvgIpc) is 2.38. The molecule has 2 amide bonds. The van der Waals surface area contributed by atoms with Crippen molar-refractivity contribution in [3.63, 3.8) is 0 Å². The van der Waals surface area contributed by atoms with Gasteiger partial charge in [-0.3, -0.25) is 0 Å². The molecule has 0 aliphatic carbocycles. The standard InChI is InChI=1S/C12H22N2O5/c1-18-6-2-3-10(11(15)16)14-12(17)13-9-4-7-19-8-5-9/h9-10H,2-8H2,1H3,(H,15,16)(H2,13,14,17). The van der Waals surface area contributed by atoms with Crippen LogP contribution in [0.25, 0.3) is 0 Å². The summed E-state index contributed by atoms with van der Waals surface area (Å²) in [5.74, 6) is -1.03. The van der Waals surface area contributed by atoms with Crippen LogP contribution in [-0.2, 0) is 14.3 Å². The number of carbonyl (C=O) groups is 2. The lowest BCUT2D eigenvalue weighted by molar-refractivity contribution is -0.139. The Balaban J connectivity index is 2.31. The van der Waals surface area contributed by atoms with Gasteiger partial charge in [0.15, 0.2) is 0 Å². The number of carboxylic acids is 1. The molecule has 0 spiro atoms. The molecule has 7 nitrogen and oxygen atoms in total. The highest BCUT2D eigenvalue weighted by molar-refractivity contribution is 5.82. The number of rotatable bonds is 7. The largest absolute Gasteiger partial charge is 0.480 e. The molecule has 0 radical (unpaired) electrons. The number of ether oxygens (including phenoxy) is 2. The first kappa shape index (κ1) is 15.7. The van der Waals surface area contributed by atoms with Crippen molar-refractivity contribution in [2.45, 2.75) is 37.8 Å². The van der Waals surface area contributed by atoms with Gasteiger partial charge in [0.25, 0.3) is 0 Å². The monoisotopic (exact) mass is 274 g/mol. The lowest BCUT2D eigenvalue weighted by Gasteiger charge is -2.24. The molecular weight excluding hydrogens is 252 g/mol. The highest BCUT2D eigenvalue weighted by Crippen LogP contribution is 2.06. The Morgan fingerprint density at radius 2 is 2.11 bits per heavy atom. The minimum absolute atomic E-state index is 0.0576. The van der Waals surface area contributed by atoms with Gasteiger partial charge < -0.3 is 25.2 Å². The molecule has 1 fully saturated rings. The van der Waals surface area contributed by atoms with Crippen LogP contribution in [0.4, 0.5) is 4.79 Å². The van der Waals surface area contributed by atoms with Gasteiger partial charge in [-0.1, -0.05) is 0 Å². The number of carboxylic acid groups (broad SMARTS) is 1. The Bertz CT molecular complexity index is 292. The van der Waals surface area contributed by atoms with E-state index in [2.05, 4.69) is 10.6 Å². The molecule has 1 saturated heterocycles. The number of carbonyl (C=O) groups excluding carboxylic acids is 1. The topological polar surface area (TPSA) is 96.9 Å². The maximum Gasteiger partial charge on any atom is 0.326 e. The van der Waals surface area contributed by atoms with Crippen LogP contribution in [0.5, 0.6) is 0 Å². The van der Waals surface area contributed by atoms with Crippen LogP contribution in [0.15, 0.2) is 0 Å². The number of aliphatic carboxylic acids is 1. The normalized spacial score (nSPS) is 17.7. The van der Waals surface area contributed by atoms with Crippen LogP contribution in [0.1, 0.15) is 25.7 Å². The predicted molar refractivity (Wildman–Crippen MR) is 68.0 cm³/mol. The minimum Gasteiger partial charge on any atom is -0.480 e. The first-order chi connectivity index (χ1) is 9.13. The van der Waals surface area contributed by atoms with Gasteiger partial charge in [-0.25, -0.2) is 9.59 Å². The van der Waals surface area contributed by atoms with Crippen molar-refractivity contribution in [3.05, 3.63) is 0 Å². The van der Waals surface area contributed by atoms with Crippen molar-refractivity contribution in [1.82, 2.24) is 10.6 Å². The maximum absolute atomic E-state index is 11.7. The van der Waals surface area contributed by atoms with Gasteiger partial charge in [0.2, 0.25) is 0 Å². The SMILES string of the molecule is COCCCC(NC(=O)NC1CCOCC1)C(=O)O. The lowest BCUT2D eigenvalue weighted by Crippen LogP contribution is -2.50. The molecule has 1 aliphatic rings. The summed E-state index contributed by atoms with van der Waals surface area (Å²) in [6.07, 6.45) is 2.46. The van der Waals surface area contributed by atoms with Crippen LogP contribution in [0.2, 0.25) is 0 Å². The van der Waals surface area contributed by atoms with Crippen molar-refractivity contribution in [2.24, 2.45) is 0 Å². The lowest BCUT2D eigenvalue weighted by atomic mass is 10.1. The fourth-order valence-electron chi connectivity index (χ4n) is 1.92. The van der Waals surface area contributed by atoms with E-state index in [1.54, 1.807) is 7.11 Å². The summed E-state index contributed by atoms with van der Waals surface area (Å²) in [5.41, 5.74) is 0. The van der Waals surface area contributed by atoms with Gasteiger partial charge in [-0.05, 0) is 25.7 Å². The van der Waals surface area contributed by atoms with Crippen LogP contribution >= 0.6 is 0 Å². The van der Waals surface area contributed by atoms with Crippen molar-refractivity contribution in [1.29, 1.82) is 0 Å². The number of urea groups is 1. The zero-order valence-corrected chi connectivity index (χ0v) is 11.2. The Labute approximate surface area is 112 Å². The summed E-state index contributed by atoms with van der Waals surface area (Å²) in [5, 5.41) is 14.3. The molecule has 7 heteroatoms. The van der Waals surface area contributed by atoms with Crippen molar-refractivity contribution < 1.29 is 24.2 Å². The van der Waals surface area contributed by atoms with Crippen LogP contribution in [0.3, 0.4) is 0 Å². The quantitative estimate of drug-likeness (QED) is 0.582. The van der Waals surface area contributed by atoms with Crippen LogP contribution in [-0.4, -0.2) is 56.1 Å².